The van der Waals surface area contributed by atoms with Gasteiger partial charge in [-0.3, -0.25) is 14.8 Å². The lowest BCUT2D eigenvalue weighted by Gasteiger charge is -2.37. The average Bonchev–Trinajstić information content (AvgIpc) is 3.14. The van der Waals surface area contributed by atoms with E-state index >= 15 is 0 Å². The molecule has 5 heteroatoms. The molecule has 5 atom stereocenters. The van der Waals surface area contributed by atoms with Crippen LogP contribution in [0.3, 0.4) is 0 Å². The lowest BCUT2D eigenvalue weighted by molar-refractivity contribution is -0.133. The van der Waals surface area contributed by atoms with E-state index in [1.807, 2.05) is 18.5 Å². The molecule has 0 spiro atoms. The summed E-state index contributed by atoms with van der Waals surface area (Å²) in [5.74, 6) is 3.36. The van der Waals surface area contributed by atoms with Gasteiger partial charge in [-0.1, -0.05) is 25.1 Å². The summed E-state index contributed by atoms with van der Waals surface area (Å²) in [4.78, 5) is 24.0. The molecule has 1 amide bonds. The van der Waals surface area contributed by atoms with Gasteiger partial charge in [0, 0.05) is 55.8 Å². The Balaban J connectivity index is 1.38. The van der Waals surface area contributed by atoms with Gasteiger partial charge in [-0.2, -0.15) is 0 Å². The Labute approximate surface area is 172 Å². The highest BCUT2D eigenvalue weighted by atomic mass is 16.2. The minimum atomic E-state index is 0.359. The molecule has 2 aliphatic heterocycles. The molecule has 5 rings (SSSR count). The first-order chi connectivity index (χ1) is 14.2. The fourth-order valence-electron chi connectivity index (χ4n) is 5.78. The molecule has 3 aliphatic rings. The number of fused-ring (bicyclic) bond motifs is 2. The van der Waals surface area contributed by atoms with Crippen molar-refractivity contribution >= 4 is 23.0 Å². The van der Waals surface area contributed by atoms with Crippen molar-refractivity contribution in [3.8, 4) is 0 Å². The van der Waals surface area contributed by atoms with E-state index in [0.717, 1.165) is 61.9 Å². The maximum absolute atomic E-state index is 13.1. The Bertz CT molecular complexity index is 945. The van der Waals surface area contributed by atoms with Crippen molar-refractivity contribution in [2.45, 2.75) is 25.7 Å². The second-order valence-electron chi connectivity index (χ2n) is 9.22. The maximum atomic E-state index is 13.1. The molecule has 3 fully saturated rings. The van der Waals surface area contributed by atoms with Gasteiger partial charge >= 0.3 is 0 Å². The molecule has 2 saturated heterocycles. The Hall–Kier alpha value is -2.27. The van der Waals surface area contributed by atoms with E-state index in [4.69, 9.17) is 0 Å². The zero-order chi connectivity index (χ0) is 20.0. The first kappa shape index (κ1) is 18.7. The van der Waals surface area contributed by atoms with Crippen LogP contribution in [-0.2, 0) is 4.79 Å². The van der Waals surface area contributed by atoms with Gasteiger partial charge in [-0.05, 0) is 54.8 Å². The van der Waals surface area contributed by atoms with Crippen LogP contribution in [0.15, 0.2) is 35.5 Å². The summed E-state index contributed by atoms with van der Waals surface area (Å²) in [6, 6.07) is 8.52. The Morgan fingerprint density at radius 1 is 1.28 bits per heavy atom. The van der Waals surface area contributed by atoms with Gasteiger partial charge in [0.15, 0.2) is 0 Å². The highest BCUT2D eigenvalue weighted by Crippen LogP contribution is 2.51. The molecular weight excluding hydrogens is 360 g/mol. The molecule has 1 aliphatic carbocycles. The SMILES string of the molecule is CN=Cc1ccc([C@@H]2C[C@@H](C)CN(C(=O)CC3[C@H]4CNC[C@@H]34)C2)c2cccnc12. The van der Waals surface area contributed by atoms with Crippen molar-refractivity contribution in [2.24, 2.45) is 28.7 Å². The number of aromatic nitrogens is 1. The topological polar surface area (TPSA) is 57.6 Å². The number of piperidine rings is 2. The van der Waals surface area contributed by atoms with Crippen molar-refractivity contribution in [1.82, 2.24) is 15.2 Å². The van der Waals surface area contributed by atoms with Crippen LogP contribution in [0.25, 0.3) is 10.9 Å². The molecule has 0 bridgehead atoms. The van der Waals surface area contributed by atoms with Gasteiger partial charge < -0.3 is 10.2 Å². The van der Waals surface area contributed by atoms with E-state index in [9.17, 15) is 4.79 Å². The maximum Gasteiger partial charge on any atom is 0.222 e. The van der Waals surface area contributed by atoms with Gasteiger partial charge in [0.25, 0.3) is 0 Å². The number of likely N-dealkylation sites (tertiary alicyclic amines) is 1. The molecule has 5 nitrogen and oxygen atoms in total. The highest BCUT2D eigenvalue weighted by Gasteiger charge is 2.53. The van der Waals surface area contributed by atoms with Gasteiger partial charge in [-0.25, -0.2) is 0 Å². The monoisotopic (exact) mass is 390 g/mol. The second-order valence-corrected chi connectivity index (χ2v) is 9.22. The van der Waals surface area contributed by atoms with Gasteiger partial charge in [0.1, 0.15) is 0 Å². The van der Waals surface area contributed by atoms with Crippen molar-refractivity contribution < 1.29 is 4.79 Å². The minimum Gasteiger partial charge on any atom is -0.342 e. The van der Waals surface area contributed by atoms with Crippen LogP contribution in [0.5, 0.6) is 0 Å². The molecule has 3 heterocycles. The van der Waals surface area contributed by atoms with Crippen molar-refractivity contribution in [3.63, 3.8) is 0 Å². The second kappa shape index (κ2) is 7.52. The third-order valence-corrected chi connectivity index (χ3v) is 7.23. The van der Waals surface area contributed by atoms with E-state index < -0.39 is 0 Å². The highest BCUT2D eigenvalue weighted by molar-refractivity contribution is 5.99. The van der Waals surface area contributed by atoms with E-state index in [1.165, 1.54) is 10.9 Å². The van der Waals surface area contributed by atoms with Gasteiger partial charge in [0.2, 0.25) is 5.91 Å². The number of carbonyl (C=O) groups is 1. The number of rotatable bonds is 4. The summed E-state index contributed by atoms with van der Waals surface area (Å²) in [6.07, 6.45) is 5.58. The lowest BCUT2D eigenvalue weighted by atomic mass is 9.83. The van der Waals surface area contributed by atoms with Crippen molar-refractivity contribution in [3.05, 3.63) is 41.6 Å². The average molecular weight is 391 g/mol. The number of benzene rings is 1. The smallest absolute Gasteiger partial charge is 0.222 e. The van der Waals surface area contributed by atoms with Gasteiger partial charge in [0.05, 0.1) is 5.52 Å². The standard InChI is InChI=1S/C24H30N4O/c1-15-8-17(14-28(13-15)23(29)9-20-21-11-26-12-22(20)21)18-6-5-16(10-25-2)24-19(18)4-3-7-27-24/h3-7,10,15,17,20-22,26H,8-9,11-14H2,1-2H3/t15-,17-,20?,21-,22+/m1/s1. The Morgan fingerprint density at radius 3 is 2.90 bits per heavy atom. The largest absolute Gasteiger partial charge is 0.342 e. The van der Waals surface area contributed by atoms with Crippen LogP contribution >= 0.6 is 0 Å². The first-order valence-electron chi connectivity index (χ1n) is 10.9. The van der Waals surface area contributed by atoms with E-state index in [-0.39, 0.29) is 0 Å². The third kappa shape index (κ3) is 3.46. The predicted molar refractivity (Wildman–Crippen MR) is 116 cm³/mol. The number of amides is 1. The Morgan fingerprint density at radius 2 is 2.10 bits per heavy atom. The summed E-state index contributed by atoms with van der Waals surface area (Å²) in [5.41, 5.74) is 3.38. The predicted octanol–water partition coefficient (Wildman–Crippen LogP) is 3.09. The van der Waals surface area contributed by atoms with Crippen LogP contribution in [0.2, 0.25) is 0 Å². The fourth-order valence-corrected chi connectivity index (χ4v) is 5.78. The van der Waals surface area contributed by atoms with Crippen LogP contribution in [0.4, 0.5) is 0 Å². The molecule has 29 heavy (non-hydrogen) atoms. The molecule has 1 unspecified atom stereocenters. The molecular formula is C24H30N4O. The third-order valence-electron chi connectivity index (χ3n) is 7.23. The van der Waals surface area contributed by atoms with Crippen LogP contribution in [0.1, 0.15) is 36.8 Å². The number of hydrogen-bond donors (Lipinski definition) is 1. The van der Waals surface area contributed by atoms with E-state index in [1.54, 1.807) is 7.05 Å². The number of pyridine rings is 1. The summed E-state index contributed by atoms with van der Waals surface area (Å²) in [6.45, 7) is 6.21. The molecule has 2 aromatic rings. The fraction of sp³-hybridized carbons (Fsp3) is 0.542. The summed E-state index contributed by atoms with van der Waals surface area (Å²) in [7, 11) is 1.79. The molecule has 0 radical (unpaired) electrons. The zero-order valence-electron chi connectivity index (χ0n) is 17.3. The zero-order valence-corrected chi connectivity index (χ0v) is 17.3. The van der Waals surface area contributed by atoms with Crippen molar-refractivity contribution in [1.29, 1.82) is 0 Å². The van der Waals surface area contributed by atoms with Crippen LogP contribution in [0, 0.1) is 23.7 Å². The number of nitrogens with zero attached hydrogens (tertiary/aromatic N) is 3. The number of hydrogen-bond acceptors (Lipinski definition) is 4. The Kier molecular flexibility index (Phi) is 4.86. The number of aliphatic imine (C=N–C) groups is 1. The first-order valence-corrected chi connectivity index (χ1v) is 10.9. The minimum absolute atomic E-state index is 0.359. The number of carbonyl (C=O) groups excluding carboxylic acids is 1. The molecule has 152 valence electrons. The normalized spacial score (nSPS) is 31.4. The van der Waals surface area contributed by atoms with Gasteiger partial charge in [-0.15, -0.1) is 0 Å². The van der Waals surface area contributed by atoms with Crippen LogP contribution < -0.4 is 5.32 Å². The number of nitrogens with one attached hydrogen (secondary N) is 1. The summed E-state index contributed by atoms with van der Waals surface area (Å²) >= 11 is 0. The summed E-state index contributed by atoms with van der Waals surface area (Å²) in [5, 5.41) is 4.62. The van der Waals surface area contributed by atoms with E-state index in [0.29, 0.717) is 23.7 Å². The quantitative estimate of drug-likeness (QED) is 0.816. The molecule has 1 aromatic heterocycles. The molecule has 1 N–H and O–H groups in total. The lowest BCUT2D eigenvalue weighted by Crippen LogP contribution is -2.43. The molecule has 1 saturated carbocycles. The van der Waals surface area contributed by atoms with E-state index in [2.05, 4.69) is 45.3 Å². The van der Waals surface area contributed by atoms with Crippen molar-refractivity contribution in [2.75, 3.05) is 33.2 Å². The summed E-state index contributed by atoms with van der Waals surface area (Å²) < 4.78 is 0. The molecule has 1 aromatic carbocycles. The van der Waals surface area contributed by atoms with Crippen LogP contribution in [-0.4, -0.2) is 55.2 Å².